The largest absolute Gasteiger partial charge is 0.545 e. The van der Waals surface area contributed by atoms with Crippen LogP contribution >= 0.6 is 0 Å². The molecule has 4 heteroatoms. The van der Waals surface area contributed by atoms with E-state index in [0.717, 1.165) is 17.7 Å². The number of benzene rings is 2. The van der Waals surface area contributed by atoms with E-state index in [2.05, 4.69) is 11.9 Å². The van der Waals surface area contributed by atoms with Crippen LogP contribution in [0.1, 0.15) is 29.3 Å². The van der Waals surface area contributed by atoms with Crippen LogP contribution in [0, 0.1) is 6.92 Å². The van der Waals surface area contributed by atoms with E-state index in [-0.39, 0.29) is 5.56 Å². The number of fused-ring (bicyclic) bond motifs is 1. The molecule has 3 rings (SSSR count). The van der Waals surface area contributed by atoms with E-state index in [9.17, 15) is 9.90 Å². The van der Waals surface area contributed by atoms with Crippen molar-refractivity contribution in [2.45, 2.75) is 20.3 Å². The molecule has 4 nitrogen and oxygen atoms in total. The van der Waals surface area contributed by atoms with Crippen molar-refractivity contribution in [1.29, 1.82) is 0 Å². The van der Waals surface area contributed by atoms with Gasteiger partial charge in [-0.05, 0) is 49.2 Å². The molecular formula is C20H18NO3-. The average Bonchev–Trinajstić information content (AvgIpc) is 2.59. The molecule has 0 N–H and O–H groups in total. The summed E-state index contributed by atoms with van der Waals surface area (Å²) >= 11 is 0. The van der Waals surface area contributed by atoms with Crippen molar-refractivity contribution in [2.24, 2.45) is 0 Å². The van der Waals surface area contributed by atoms with Gasteiger partial charge in [-0.1, -0.05) is 25.1 Å². The predicted molar refractivity (Wildman–Crippen MR) is 92.0 cm³/mol. The van der Waals surface area contributed by atoms with Crippen LogP contribution < -0.4 is 9.84 Å². The van der Waals surface area contributed by atoms with Gasteiger partial charge in [0.15, 0.2) is 0 Å². The Kier molecular flexibility index (Phi) is 4.47. The number of carbonyl (C=O) groups excluding carboxylic acids is 1. The minimum Gasteiger partial charge on any atom is -0.545 e. The van der Waals surface area contributed by atoms with E-state index >= 15 is 0 Å². The van der Waals surface area contributed by atoms with Gasteiger partial charge in [0.1, 0.15) is 5.75 Å². The third kappa shape index (κ3) is 2.95. The molecule has 0 unspecified atom stereocenters. The summed E-state index contributed by atoms with van der Waals surface area (Å²) in [6.45, 7) is 4.49. The van der Waals surface area contributed by atoms with Gasteiger partial charge in [-0.15, -0.1) is 0 Å². The highest BCUT2D eigenvalue weighted by atomic mass is 16.5. The summed E-state index contributed by atoms with van der Waals surface area (Å²) in [5.74, 6) is -0.394. The second kappa shape index (κ2) is 6.71. The number of carbonyl (C=O) groups is 1. The van der Waals surface area contributed by atoms with Crippen molar-refractivity contribution in [3.8, 4) is 17.0 Å². The first-order chi connectivity index (χ1) is 11.6. The molecule has 0 saturated carbocycles. The quantitative estimate of drug-likeness (QED) is 0.723. The van der Waals surface area contributed by atoms with Gasteiger partial charge < -0.3 is 14.6 Å². The van der Waals surface area contributed by atoms with Crippen LogP contribution in [0.15, 0.2) is 48.5 Å². The monoisotopic (exact) mass is 320 g/mol. The van der Waals surface area contributed by atoms with Crippen LogP contribution in [-0.2, 0) is 0 Å². The summed E-state index contributed by atoms with van der Waals surface area (Å²) in [5, 5.41) is 12.2. The van der Waals surface area contributed by atoms with E-state index < -0.39 is 5.97 Å². The van der Waals surface area contributed by atoms with E-state index in [1.807, 2.05) is 36.4 Å². The maximum atomic E-state index is 11.6. The molecule has 3 aromatic rings. The number of hydrogen-bond donors (Lipinski definition) is 0. The summed E-state index contributed by atoms with van der Waals surface area (Å²) in [6, 6.07) is 14.8. The molecule has 0 saturated heterocycles. The highest BCUT2D eigenvalue weighted by Crippen LogP contribution is 2.30. The zero-order chi connectivity index (χ0) is 17.1. The first-order valence-electron chi connectivity index (χ1n) is 7.95. The first kappa shape index (κ1) is 16.0. The molecule has 0 amide bonds. The molecule has 1 aromatic heterocycles. The maximum absolute atomic E-state index is 11.6. The van der Waals surface area contributed by atoms with Crippen molar-refractivity contribution in [2.75, 3.05) is 6.61 Å². The van der Waals surface area contributed by atoms with E-state index in [0.29, 0.717) is 28.8 Å². The number of carboxylic acid groups (broad SMARTS) is 1. The van der Waals surface area contributed by atoms with Gasteiger partial charge in [0, 0.05) is 16.5 Å². The Morgan fingerprint density at radius 1 is 1.12 bits per heavy atom. The van der Waals surface area contributed by atoms with Gasteiger partial charge in [0.25, 0.3) is 0 Å². The number of carboxylic acids is 1. The van der Waals surface area contributed by atoms with Crippen molar-refractivity contribution >= 4 is 16.9 Å². The Morgan fingerprint density at radius 2 is 1.83 bits per heavy atom. The second-order valence-electron chi connectivity index (χ2n) is 5.64. The SMILES string of the molecule is CCCOc1ccc(-c2nc3ccccc3c(C(=O)[O-])c2C)cc1. The maximum Gasteiger partial charge on any atom is 0.119 e. The number of hydrogen-bond acceptors (Lipinski definition) is 4. The summed E-state index contributed by atoms with van der Waals surface area (Å²) in [7, 11) is 0. The molecule has 0 aliphatic heterocycles. The molecule has 2 aromatic carbocycles. The fourth-order valence-electron chi connectivity index (χ4n) is 2.78. The molecule has 0 aliphatic carbocycles. The number of pyridine rings is 1. The second-order valence-corrected chi connectivity index (χ2v) is 5.64. The van der Waals surface area contributed by atoms with Crippen LogP contribution in [0.5, 0.6) is 5.75 Å². The zero-order valence-electron chi connectivity index (χ0n) is 13.7. The Morgan fingerprint density at radius 3 is 2.50 bits per heavy atom. The summed E-state index contributed by atoms with van der Waals surface area (Å²) in [4.78, 5) is 16.3. The smallest absolute Gasteiger partial charge is 0.119 e. The molecule has 0 aliphatic rings. The third-order valence-electron chi connectivity index (χ3n) is 3.94. The van der Waals surface area contributed by atoms with E-state index in [1.54, 1.807) is 19.1 Å². The molecule has 0 bridgehead atoms. The third-order valence-corrected chi connectivity index (χ3v) is 3.94. The van der Waals surface area contributed by atoms with Crippen LogP contribution in [0.4, 0.5) is 0 Å². The molecule has 1 heterocycles. The number of para-hydroxylation sites is 1. The molecule has 0 spiro atoms. The summed E-state index contributed by atoms with van der Waals surface area (Å²) in [5.41, 5.74) is 2.95. The standard InChI is InChI=1S/C20H19NO3/c1-3-12-24-15-10-8-14(9-11-15)19-13(2)18(20(22)23)16-6-4-5-7-17(16)21-19/h4-11H,3,12H2,1-2H3,(H,22,23)/p-1. The van der Waals surface area contributed by atoms with Gasteiger partial charge in [0.05, 0.1) is 23.8 Å². The highest BCUT2D eigenvalue weighted by Gasteiger charge is 2.14. The predicted octanol–water partition coefficient (Wildman–Crippen LogP) is 3.36. The van der Waals surface area contributed by atoms with Crippen molar-refractivity contribution < 1.29 is 14.6 Å². The molecule has 0 atom stereocenters. The molecule has 0 radical (unpaired) electrons. The lowest BCUT2D eigenvalue weighted by atomic mass is 9.98. The Hall–Kier alpha value is -2.88. The van der Waals surface area contributed by atoms with Crippen LogP contribution in [0.2, 0.25) is 0 Å². The van der Waals surface area contributed by atoms with Crippen molar-refractivity contribution in [3.63, 3.8) is 0 Å². The average molecular weight is 320 g/mol. The fraction of sp³-hybridized carbons (Fsp3) is 0.200. The zero-order valence-corrected chi connectivity index (χ0v) is 13.7. The van der Waals surface area contributed by atoms with Gasteiger partial charge in [-0.25, -0.2) is 4.98 Å². The number of ether oxygens (including phenoxy) is 1. The van der Waals surface area contributed by atoms with Gasteiger partial charge >= 0.3 is 0 Å². The lowest BCUT2D eigenvalue weighted by Gasteiger charge is -2.15. The number of aromatic carboxylic acids is 1. The molecule has 24 heavy (non-hydrogen) atoms. The lowest BCUT2D eigenvalue weighted by Crippen LogP contribution is -2.24. The van der Waals surface area contributed by atoms with Crippen LogP contribution in [-0.4, -0.2) is 17.6 Å². The summed E-state index contributed by atoms with van der Waals surface area (Å²) in [6.07, 6.45) is 0.946. The first-order valence-corrected chi connectivity index (χ1v) is 7.95. The van der Waals surface area contributed by atoms with Gasteiger partial charge in [-0.2, -0.15) is 0 Å². The molecular weight excluding hydrogens is 302 g/mol. The normalized spacial score (nSPS) is 10.8. The Bertz CT molecular complexity index is 885. The number of aromatic nitrogens is 1. The van der Waals surface area contributed by atoms with Gasteiger partial charge in [0.2, 0.25) is 0 Å². The summed E-state index contributed by atoms with van der Waals surface area (Å²) < 4.78 is 5.58. The fourth-order valence-corrected chi connectivity index (χ4v) is 2.78. The Labute approximate surface area is 140 Å². The van der Waals surface area contributed by atoms with Crippen molar-refractivity contribution in [3.05, 3.63) is 59.7 Å². The van der Waals surface area contributed by atoms with E-state index in [1.165, 1.54) is 0 Å². The van der Waals surface area contributed by atoms with Crippen LogP contribution in [0.3, 0.4) is 0 Å². The Balaban J connectivity index is 2.12. The molecule has 122 valence electrons. The highest BCUT2D eigenvalue weighted by molar-refractivity contribution is 6.04. The van der Waals surface area contributed by atoms with Crippen molar-refractivity contribution in [1.82, 2.24) is 4.98 Å². The van der Waals surface area contributed by atoms with Gasteiger partial charge in [-0.3, -0.25) is 0 Å². The molecule has 0 fully saturated rings. The minimum absolute atomic E-state index is 0.196. The number of rotatable bonds is 5. The topological polar surface area (TPSA) is 62.2 Å². The van der Waals surface area contributed by atoms with E-state index in [4.69, 9.17) is 4.74 Å². The lowest BCUT2D eigenvalue weighted by molar-refractivity contribution is -0.254. The van der Waals surface area contributed by atoms with Crippen LogP contribution in [0.25, 0.3) is 22.2 Å². The number of nitrogens with zero attached hydrogens (tertiary/aromatic N) is 1. The minimum atomic E-state index is -1.18.